The van der Waals surface area contributed by atoms with Gasteiger partial charge in [0.1, 0.15) is 6.04 Å². The van der Waals surface area contributed by atoms with Gasteiger partial charge in [0.05, 0.1) is 0 Å². The molecule has 0 spiro atoms. The number of halogens is 1. The molecule has 0 aromatic carbocycles. The van der Waals surface area contributed by atoms with Crippen LogP contribution in [-0.2, 0) is 9.59 Å². The molecule has 2 heterocycles. The summed E-state index contributed by atoms with van der Waals surface area (Å²) in [6.45, 7) is 5.75. The number of hydrogen-bond donors (Lipinski definition) is 3. The smallest absolute Gasteiger partial charge is 0.242 e. The van der Waals surface area contributed by atoms with Crippen LogP contribution in [0.25, 0.3) is 0 Å². The van der Waals surface area contributed by atoms with Crippen LogP contribution in [0.1, 0.15) is 59.3 Å². The predicted octanol–water partition coefficient (Wildman–Crippen LogP) is 1.75. The summed E-state index contributed by atoms with van der Waals surface area (Å²) < 4.78 is 0. The predicted molar refractivity (Wildman–Crippen MR) is 90.0 cm³/mol. The Bertz CT molecular complexity index is 380. The summed E-state index contributed by atoms with van der Waals surface area (Å²) >= 11 is 0. The highest BCUT2D eigenvalue weighted by atomic mass is 35.5. The van der Waals surface area contributed by atoms with Gasteiger partial charge in [-0.25, -0.2) is 0 Å². The van der Waals surface area contributed by atoms with Crippen molar-refractivity contribution in [2.75, 3.05) is 0 Å². The van der Waals surface area contributed by atoms with Crippen LogP contribution in [0.15, 0.2) is 0 Å². The molecule has 0 aliphatic carbocycles. The number of nitrogens with one attached hydrogen (secondary N) is 3. The van der Waals surface area contributed by atoms with Crippen molar-refractivity contribution in [3.8, 4) is 0 Å². The minimum Gasteiger partial charge on any atom is -0.352 e. The molecule has 0 aromatic heterocycles. The Labute approximate surface area is 139 Å². The van der Waals surface area contributed by atoms with Crippen LogP contribution >= 0.6 is 12.4 Å². The third-order valence-electron chi connectivity index (χ3n) is 4.82. The third-order valence-corrected chi connectivity index (χ3v) is 4.82. The molecule has 128 valence electrons. The molecule has 2 bridgehead atoms. The van der Waals surface area contributed by atoms with E-state index < -0.39 is 6.04 Å². The molecular weight excluding hydrogens is 302 g/mol. The van der Waals surface area contributed by atoms with E-state index in [2.05, 4.69) is 16.0 Å². The summed E-state index contributed by atoms with van der Waals surface area (Å²) in [5, 5.41) is 9.32. The first-order valence-electron chi connectivity index (χ1n) is 8.33. The SMILES string of the molecule is CCC(C)NC(=O)C(C)NC(=O)CC1CC2CCC(C1)N2.Cl. The average molecular weight is 332 g/mol. The molecule has 3 N–H and O–H groups in total. The Hall–Kier alpha value is -0.810. The highest BCUT2D eigenvalue weighted by Crippen LogP contribution is 2.32. The summed E-state index contributed by atoms with van der Waals surface area (Å²) in [6, 6.07) is 0.905. The lowest BCUT2D eigenvalue weighted by molar-refractivity contribution is -0.129. The van der Waals surface area contributed by atoms with E-state index in [0.29, 0.717) is 24.4 Å². The number of hydrogen-bond acceptors (Lipinski definition) is 3. The second kappa shape index (κ2) is 8.73. The second-order valence-electron chi connectivity index (χ2n) is 6.79. The van der Waals surface area contributed by atoms with Crippen molar-refractivity contribution in [2.45, 2.75) is 83.5 Å². The van der Waals surface area contributed by atoms with E-state index in [4.69, 9.17) is 0 Å². The maximum absolute atomic E-state index is 12.1. The van der Waals surface area contributed by atoms with E-state index in [1.807, 2.05) is 13.8 Å². The van der Waals surface area contributed by atoms with Gasteiger partial charge in [0.2, 0.25) is 11.8 Å². The lowest BCUT2D eigenvalue weighted by Gasteiger charge is -2.29. The van der Waals surface area contributed by atoms with Crippen LogP contribution in [0.2, 0.25) is 0 Å². The van der Waals surface area contributed by atoms with E-state index >= 15 is 0 Å². The quantitative estimate of drug-likeness (QED) is 0.694. The van der Waals surface area contributed by atoms with Crippen molar-refractivity contribution < 1.29 is 9.59 Å². The number of fused-ring (bicyclic) bond motifs is 2. The van der Waals surface area contributed by atoms with E-state index in [-0.39, 0.29) is 30.3 Å². The van der Waals surface area contributed by atoms with Crippen molar-refractivity contribution in [3.63, 3.8) is 0 Å². The van der Waals surface area contributed by atoms with Crippen LogP contribution < -0.4 is 16.0 Å². The first-order chi connectivity index (χ1) is 9.97. The molecule has 0 saturated carbocycles. The molecule has 2 saturated heterocycles. The minimum atomic E-state index is -0.454. The molecule has 2 aliphatic heterocycles. The zero-order chi connectivity index (χ0) is 15.4. The van der Waals surface area contributed by atoms with Gasteiger partial charge in [0.15, 0.2) is 0 Å². The van der Waals surface area contributed by atoms with Crippen LogP contribution in [0, 0.1) is 5.92 Å². The zero-order valence-electron chi connectivity index (χ0n) is 13.9. The molecule has 5 nitrogen and oxygen atoms in total. The van der Waals surface area contributed by atoms with Gasteiger partial charge in [-0.05, 0) is 51.9 Å². The molecule has 4 unspecified atom stereocenters. The summed E-state index contributed by atoms with van der Waals surface area (Å²) in [5.41, 5.74) is 0. The fourth-order valence-corrected chi connectivity index (χ4v) is 3.44. The van der Waals surface area contributed by atoms with Gasteiger partial charge >= 0.3 is 0 Å². The second-order valence-corrected chi connectivity index (χ2v) is 6.79. The molecular formula is C16H30ClN3O2. The molecule has 0 radical (unpaired) electrons. The van der Waals surface area contributed by atoms with Crippen molar-refractivity contribution in [2.24, 2.45) is 5.92 Å². The van der Waals surface area contributed by atoms with Gasteiger partial charge in [-0.2, -0.15) is 0 Å². The average Bonchev–Trinajstić information content (AvgIpc) is 2.77. The Balaban J connectivity index is 0.00000242. The highest BCUT2D eigenvalue weighted by molar-refractivity contribution is 5.87. The van der Waals surface area contributed by atoms with Gasteiger partial charge < -0.3 is 16.0 Å². The topological polar surface area (TPSA) is 70.2 Å². The monoisotopic (exact) mass is 331 g/mol. The van der Waals surface area contributed by atoms with E-state index in [1.54, 1.807) is 6.92 Å². The molecule has 6 heteroatoms. The number of carbonyl (C=O) groups is 2. The molecule has 2 aliphatic rings. The van der Waals surface area contributed by atoms with Gasteiger partial charge in [0, 0.05) is 24.5 Å². The highest BCUT2D eigenvalue weighted by Gasteiger charge is 2.34. The summed E-state index contributed by atoms with van der Waals surface area (Å²) in [6.07, 6.45) is 6.13. The van der Waals surface area contributed by atoms with Gasteiger partial charge in [0.25, 0.3) is 0 Å². The summed E-state index contributed by atoms with van der Waals surface area (Å²) in [7, 11) is 0. The Morgan fingerprint density at radius 1 is 1.14 bits per heavy atom. The number of rotatable bonds is 6. The molecule has 4 atom stereocenters. The normalized spacial score (nSPS) is 29.1. The molecule has 2 rings (SSSR count). The molecule has 2 fully saturated rings. The Morgan fingerprint density at radius 3 is 2.27 bits per heavy atom. The fourth-order valence-electron chi connectivity index (χ4n) is 3.44. The number of piperidine rings is 1. The summed E-state index contributed by atoms with van der Waals surface area (Å²) in [5.74, 6) is 0.379. The number of amides is 2. The maximum Gasteiger partial charge on any atom is 0.242 e. The standard InChI is InChI=1S/C16H29N3O2.ClH/c1-4-10(2)17-16(21)11(3)18-15(20)9-12-7-13-5-6-14(8-12)19-13;/h10-14,19H,4-9H2,1-3H3,(H,17,21)(H,18,20);1H. The van der Waals surface area contributed by atoms with Crippen LogP contribution in [0.5, 0.6) is 0 Å². The summed E-state index contributed by atoms with van der Waals surface area (Å²) in [4.78, 5) is 24.0. The van der Waals surface area contributed by atoms with Crippen LogP contribution in [0.4, 0.5) is 0 Å². The molecule has 2 amide bonds. The Kier molecular flexibility index (Phi) is 7.63. The van der Waals surface area contributed by atoms with Crippen molar-refractivity contribution >= 4 is 24.2 Å². The number of carbonyl (C=O) groups excluding carboxylic acids is 2. The van der Waals surface area contributed by atoms with Crippen LogP contribution in [0.3, 0.4) is 0 Å². The van der Waals surface area contributed by atoms with Gasteiger partial charge in [-0.3, -0.25) is 9.59 Å². The van der Waals surface area contributed by atoms with Crippen molar-refractivity contribution in [1.82, 2.24) is 16.0 Å². The molecule has 0 aromatic rings. The lowest BCUT2D eigenvalue weighted by Crippen LogP contribution is -2.48. The van der Waals surface area contributed by atoms with E-state index in [9.17, 15) is 9.59 Å². The Morgan fingerprint density at radius 2 is 1.73 bits per heavy atom. The first kappa shape index (κ1) is 19.2. The maximum atomic E-state index is 12.1. The zero-order valence-corrected chi connectivity index (χ0v) is 14.7. The van der Waals surface area contributed by atoms with E-state index in [0.717, 1.165) is 19.3 Å². The minimum absolute atomic E-state index is 0. The molecule has 22 heavy (non-hydrogen) atoms. The van der Waals surface area contributed by atoms with Gasteiger partial charge in [-0.1, -0.05) is 6.92 Å². The van der Waals surface area contributed by atoms with Gasteiger partial charge in [-0.15, -0.1) is 12.4 Å². The van der Waals surface area contributed by atoms with Crippen molar-refractivity contribution in [1.29, 1.82) is 0 Å². The van der Waals surface area contributed by atoms with E-state index in [1.165, 1.54) is 12.8 Å². The largest absolute Gasteiger partial charge is 0.352 e. The fraction of sp³-hybridized carbons (Fsp3) is 0.875. The lowest BCUT2D eigenvalue weighted by atomic mass is 9.89. The van der Waals surface area contributed by atoms with Crippen LogP contribution in [-0.4, -0.2) is 36.0 Å². The third kappa shape index (κ3) is 5.43. The first-order valence-corrected chi connectivity index (χ1v) is 8.33. The van der Waals surface area contributed by atoms with Crippen molar-refractivity contribution in [3.05, 3.63) is 0 Å².